The lowest BCUT2D eigenvalue weighted by Crippen LogP contribution is -2.44. The molecule has 1 aliphatic rings. The first-order valence-electron chi connectivity index (χ1n) is 6.14. The maximum atomic E-state index is 12.0. The zero-order valence-corrected chi connectivity index (χ0v) is 10.1. The third-order valence-electron chi connectivity index (χ3n) is 3.52. The predicted molar refractivity (Wildman–Crippen MR) is 63.5 cm³/mol. The molecule has 1 aromatic rings. The smallest absolute Gasteiger partial charge is 0.256 e. The van der Waals surface area contributed by atoms with Gasteiger partial charge in [-0.1, -0.05) is 18.0 Å². The van der Waals surface area contributed by atoms with Crippen LogP contribution in [0.2, 0.25) is 0 Å². The van der Waals surface area contributed by atoms with Gasteiger partial charge in [0.25, 0.3) is 5.91 Å². The fourth-order valence-corrected chi connectivity index (χ4v) is 2.44. The van der Waals surface area contributed by atoms with Crippen LogP contribution in [0.25, 0.3) is 0 Å². The van der Waals surface area contributed by atoms with Crippen LogP contribution in [-0.4, -0.2) is 23.7 Å². The van der Waals surface area contributed by atoms with Crippen LogP contribution in [0.4, 0.5) is 0 Å². The molecule has 0 aromatic carbocycles. The van der Waals surface area contributed by atoms with Crippen molar-refractivity contribution >= 4 is 5.91 Å². The average Bonchev–Trinajstić information content (AvgIpc) is 2.76. The first-order valence-corrected chi connectivity index (χ1v) is 6.14. The van der Waals surface area contributed by atoms with Gasteiger partial charge in [-0.25, -0.2) is 0 Å². The number of carbonyl (C=O) groups excluding carboxylic acids is 1. The molecule has 0 saturated heterocycles. The zero-order valence-electron chi connectivity index (χ0n) is 10.1. The minimum absolute atomic E-state index is 0.103. The van der Waals surface area contributed by atoms with Gasteiger partial charge in [-0.2, -0.15) is 0 Å². The standard InChI is InChI=1S/C12H19N3O2/c1-8-10(7-14-17-8)12(16)15-11-5-3-2-4-9(11)6-13/h7,9,11H,2-6,13H2,1H3,(H,15,16). The van der Waals surface area contributed by atoms with Gasteiger partial charge in [0.05, 0.1) is 6.20 Å². The van der Waals surface area contributed by atoms with Crippen LogP contribution in [0.5, 0.6) is 0 Å². The Hall–Kier alpha value is -1.36. The Bertz CT molecular complexity index is 389. The monoisotopic (exact) mass is 237 g/mol. The molecule has 2 unspecified atom stereocenters. The summed E-state index contributed by atoms with van der Waals surface area (Å²) in [5, 5.41) is 6.66. The Labute approximate surface area is 101 Å². The number of rotatable bonds is 3. The van der Waals surface area contributed by atoms with E-state index in [4.69, 9.17) is 10.3 Å². The number of hydrogen-bond donors (Lipinski definition) is 2. The number of amides is 1. The molecule has 0 bridgehead atoms. The largest absolute Gasteiger partial charge is 0.361 e. The summed E-state index contributed by atoms with van der Waals surface area (Å²) in [4.78, 5) is 12.0. The highest BCUT2D eigenvalue weighted by Gasteiger charge is 2.26. The van der Waals surface area contributed by atoms with E-state index in [0.717, 1.165) is 19.3 Å². The molecule has 1 aromatic heterocycles. The molecule has 5 nitrogen and oxygen atoms in total. The molecule has 1 saturated carbocycles. The number of nitrogens with zero attached hydrogens (tertiary/aromatic N) is 1. The lowest BCUT2D eigenvalue weighted by molar-refractivity contribution is 0.0906. The van der Waals surface area contributed by atoms with Gasteiger partial charge < -0.3 is 15.6 Å². The molecule has 2 atom stereocenters. The molecule has 1 heterocycles. The van der Waals surface area contributed by atoms with E-state index in [1.165, 1.54) is 12.6 Å². The van der Waals surface area contributed by atoms with Crippen LogP contribution >= 0.6 is 0 Å². The minimum Gasteiger partial charge on any atom is -0.361 e. The molecule has 0 aliphatic heterocycles. The SMILES string of the molecule is Cc1oncc1C(=O)NC1CCCCC1CN. The van der Waals surface area contributed by atoms with Crippen LogP contribution in [-0.2, 0) is 0 Å². The summed E-state index contributed by atoms with van der Waals surface area (Å²) in [5.41, 5.74) is 6.26. The second-order valence-corrected chi connectivity index (χ2v) is 4.66. The maximum absolute atomic E-state index is 12.0. The van der Waals surface area contributed by atoms with Crippen molar-refractivity contribution in [3.05, 3.63) is 17.5 Å². The van der Waals surface area contributed by atoms with Gasteiger partial charge in [-0.05, 0) is 32.2 Å². The van der Waals surface area contributed by atoms with Crippen LogP contribution in [0.1, 0.15) is 41.8 Å². The summed E-state index contributed by atoms with van der Waals surface area (Å²) < 4.78 is 4.89. The van der Waals surface area contributed by atoms with Crippen molar-refractivity contribution in [3.8, 4) is 0 Å². The molecule has 0 spiro atoms. The maximum Gasteiger partial charge on any atom is 0.256 e. The second-order valence-electron chi connectivity index (χ2n) is 4.66. The summed E-state index contributed by atoms with van der Waals surface area (Å²) in [6.07, 6.45) is 5.94. The molecule has 3 N–H and O–H groups in total. The topological polar surface area (TPSA) is 81.2 Å². The lowest BCUT2D eigenvalue weighted by atomic mass is 9.84. The Morgan fingerprint density at radius 3 is 3.00 bits per heavy atom. The highest BCUT2D eigenvalue weighted by Crippen LogP contribution is 2.24. The summed E-state index contributed by atoms with van der Waals surface area (Å²) in [5.74, 6) is 0.851. The van der Waals surface area contributed by atoms with Gasteiger partial charge in [0.1, 0.15) is 11.3 Å². The number of nitrogens with two attached hydrogens (primary N) is 1. The van der Waals surface area contributed by atoms with Crippen LogP contribution in [0.15, 0.2) is 10.7 Å². The van der Waals surface area contributed by atoms with Crippen molar-refractivity contribution < 1.29 is 9.32 Å². The number of aryl methyl sites for hydroxylation is 1. The van der Waals surface area contributed by atoms with Crippen molar-refractivity contribution in [2.24, 2.45) is 11.7 Å². The second kappa shape index (κ2) is 5.31. The van der Waals surface area contributed by atoms with Crippen molar-refractivity contribution in [1.82, 2.24) is 10.5 Å². The molecule has 5 heteroatoms. The van der Waals surface area contributed by atoms with Gasteiger partial charge in [-0.15, -0.1) is 0 Å². The van der Waals surface area contributed by atoms with Crippen molar-refractivity contribution in [3.63, 3.8) is 0 Å². The summed E-state index contributed by atoms with van der Waals surface area (Å²) in [6.45, 7) is 2.37. The number of aromatic nitrogens is 1. The molecule has 1 aliphatic carbocycles. The number of nitrogens with one attached hydrogen (secondary N) is 1. The molecule has 1 amide bonds. The van der Waals surface area contributed by atoms with E-state index in [-0.39, 0.29) is 11.9 Å². The van der Waals surface area contributed by atoms with Crippen LogP contribution in [0.3, 0.4) is 0 Å². The number of carbonyl (C=O) groups is 1. The third-order valence-corrected chi connectivity index (χ3v) is 3.52. The minimum atomic E-state index is -0.103. The molecular weight excluding hydrogens is 218 g/mol. The molecule has 2 rings (SSSR count). The lowest BCUT2D eigenvalue weighted by Gasteiger charge is -2.31. The van der Waals surface area contributed by atoms with Gasteiger partial charge in [0.15, 0.2) is 0 Å². The highest BCUT2D eigenvalue weighted by atomic mass is 16.5. The predicted octanol–water partition coefficient (Wildman–Crippen LogP) is 1.23. The Morgan fingerprint density at radius 2 is 2.35 bits per heavy atom. The van der Waals surface area contributed by atoms with E-state index in [1.807, 2.05) is 0 Å². The highest BCUT2D eigenvalue weighted by molar-refractivity contribution is 5.94. The van der Waals surface area contributed by atoms with Crippen molar-refractivity contribution in [2.45, 2.75) is 38.6 Å². The van der Waals surface area contributed by atoms with E-state index >= 15 is 0 Å². The first kappa shape index (κ1) is 12.1. The summed E-state index contributed by atoms with van der Waals surface area (Å²) >= 11 is 0. The van der Waals surface area contributed by atoms with Crippen LogP contribution in [0, 0.1) is 12.8 Å². The van der Waals surface area contributed by atoms with Gasteiger partial charge in [0, 0.05) is 6.04 Å². The van der Waals surface area contributed by atoms with E-state index in [0.29, 0.717) is 23.8 Å². The third kappa shape index (κ3) is 2.66. The van der Waals surface area contributed by atoms with Crippen LogP contribution < -0.4 is 11.1 Å². The normalized spacial score (nSPS) is 24.6. The fraction of sp³-hybridized carbons (Fsp3) is 0.667. The Balaban J connectivity index is 2.00. The fourth-order valence-electron chi connectivity index (χ4n) is 2.44. The molecule has 1 fully saturated rings. The van der Waals surface area contributed by atoms with E-state index in [9.17, 15) is 4.79 Å². The molecule has 94 valence electrons. The van der Waals surface area contributed by atoms with E-state index < -0.39 is 0 Å². The quantitative estimate of drug-likeness (QED) is 0.828. The van der Waals surface area contributed by atoms with Crippen molar-refractivity contribution in [1.29, 1.82) is 0 Å². The number of hydrogen-bond acceptors (Lipinski definition) is 4. The van der Waals surface area contributed by atoms with Gasteiger partial charge in [-0.3, -0.25) is 4.79 Å². The summed E-state index contributed by atoms with van der Waals surface area (Å²) in [7, 11) is 0. The van der Waals surface area contributed by atoms with E-state index in [1.54, 1.807) is 6.92 Å². The molecule has 17 heavy (non-hydrogen) atoms. The zero-order chi connectivity index (χ0) is 12.3. The molecular formula is C12H19N3O2. The Kier molecular flexibility index (Phi) is 3.78. The first-order chi connectivity index (χ1) is 8.22. The summed E-state index contributed by atoms with van der Waals surface area (Å²) in [6, 6.07) is 0.190. The van der Waals surface area contributed by atoms with Crippen molar-refractivity contribution in [2.75, 3.05) is 6.54 Å². The average molecular weight is 237 g/mol. The van der Waals surface area contributed by atoms with Gasteiger partial charge >= 0.3 is 0 Å². The van der Waals surface area contributed by atoms with E-state index in [2.05, 4.69) is 10.5 Å². The molecule has 0 radical (unpaired) electrons. The van der Waals surface area contributed by atoms with Gasteiger partial charge in [0.2, 0.25) is 0 Å². The Morgan fingerprint density at radius 1 is 1.59 bits per heavy atom.